The lowest BCUT2D eigenvalue weighted by Gasteiger charge is -2.40. The van der Waals surface area contributed by atoms with Gasteiger partial charge in [0.1, 0.15) is 0 Å². The van der Waals surface area contributed by atoms with Crippen LogP contribution < -0.4 is 0 Å². The Kier molecular flexibility index (Phi) is 4.05. The number of rotatable bonds is 4. The second kappa shape index (κ2) is 5.36. The molecular formula is C13H23NO3. The Balaban J connectivity index is 1.90. The van der Waals surface area contributed by atoms with Crippen LogP contribution in [0.15, 0.2) is 0 Å². The lowest BCUT2D eigenvalue weighted by atomic mass is 9.79. The average molecular weight is 241 g/mol. The predicted molar refractivity (Wildman–Crippen MR) is 64.5 cm³/mol. The molecule has 1 aliphatic carbocycles. The first-order valence-corrected chi connectivity index (χ1v) is 6.60. The molecule has 1 heterocycles. The zero-order chi connectivity index (χ0) is 12.3. The van der Waals surface area contributed by atoms with E-state index in [2.05, 4.69) is 0 Å². The third-order valence-electron chi connectivity index (χ3n) is 4.29. The number of nitrogens with zero attached hydrogens (tertiary/aromatic N) is 1. The Morgan fingerprint density at radius 2 is 2.06 bits per heavy atom. The minimum absolute atomic E-state index is 0.133. The van der Waals surface area contributed by atoms with E-state index in [0.29, 0.717) is 19.8 Å². The molecule has 1 aliphatic heterocycles. The quantitative estimate of drug-likeness (QED) is 0.800. The SMILES string of the molecule is CN(CC1(CO)CCOCC1)C(=O)C1CCC1. The molecule has 2 fully saturated rings. The van der Waals surface area contributed by atoms with E-state index in [-0.39, 0.29) is 23.8 Å². The highest BCUT2D eigenvalue weighted by Crippen LogP contribution is 2.33. The van der Waals surface area contributed by atoms with Gasteiger partial charge in [0.2, 0.25) is 5.91 Å². The van der Waals surface area contributed by atoms with Gasteiger partial charge in [-0.25, -0.2) is 0 Å². The predicted octanol–water partition coefficient (Wildman–Crippen LogP) is 1.03. The molecule has 0 aromatic carbocycles. The van der Waals surface area contributed by atoms with Crippen LogP contribution in [0.5, 0.6) is 0 Å². The van der Waals surface area contributed by atoms with Crippen LogP contribution in [-0.4, -0.2) is 49.3 Å². The van der Waals surface area contributed by atoms with Gasteiger partial charge >= 0.3 is 0 Å². The standard InChI is InChI=1S/C13H23NO3/c1-14(12(16)11-3-2-4-11)9-13(10-15)5-7-17-8-6-13/h11,15H,2-10H2,1H3. The molecule has 98 valence electrons. The Labute approximate surface area is 103 Å². The third kappa shape index (κ3) is 2.80. The molecule has 17 heavy (non-hydrogen) atoms. The van der Waals surface area contributed by atoms with Crippen LogP contribution in [0.4, 0.5) is 0 Å². The molecule has 0 radical (unpaired) electrons. The van der Waals surface area contributed by atoms with Crippen LogP contribution in [0.1, 0.15) is 32.1 Å². The van der Waals surface area contributed by atoms with Crippen LogP contribution in [0.25, 0.3) is 0 Å². The van der Waals surface area contributed by atoms with Gasteiger partial charge in [0.15, 0.2) is 0 Å². The topological polar surface area (TPSA) is 49.8 Å². The Bertz CT molecular complexity index is 270. The molecule has 2 aliphatic rings. The first-order chi connectivity index (χ1) is 8.17. The van der Waals surface area contributed by atoms with Crippen molar-refractivity contribution in [1.82, 2.24) is 4.90 Å². The highest BCUT2D eigenvalue weighted by atomic mass is 16.5. The third-order valence-corrected chi connectivity index (χ3v) is 4.29. The molecule has 1 N–H and O–H groups in total. The molecule has 4 nitrogen and oxygen atoms in total. The summed E-state index contributed by atoms with van der Waals surface area (Å²) in [5.74, 6) is 0.506. The smallest absolute Gasteiger partial charge is 0.225 e. The van der Waals surface area contributed by atoms with E-state index in [1.807, 2.05) is 11.9 Å². The molecule has 1 saturated heterocycles. The van der Waals surface area contributed by atoms with E-state index in [0.717, 1.165) is 25.7 Å². The summed E-state index contributed by atoms with van der Waals surface area (Å²) >= 11 is 0. The highest BCUT2D eigenvalue weighted by Gasteiger charge is 2.36. The Morgan fingerprint density at radius 1 is 1.41 bits per heavy atom. The number of aliphatic hydroxyl groups is 1. The fourth-order valence-electron chi connectivity index (χ4n) is 2.72. The van der Waals surface area contributed by atoms with Crippen molar-refractivity contribution in [2.45, 2.75) is 32.1 Å². The van der Waals surface area contributed by atoms with E-state index < -0.39 is 0 Å². The molecule has 2 rings (SSSR count). The van der Waals surface area contributed by atoms with E-state index >= 15 is 0 Å². The van der Waals surface area contributed by atoms with Gasteiger partial charge in [-0.1, -0.05) is 6.42 Å². The summed E-state index contributed by atoms with van der Waals surface area (Å²) in [4.78, 5) is 13.9. The van der Waals surface area contributed by atoms with Gasteiger partial charge in [0.05, 0.1) is 6.61 Å². The first-order valence-electron chi connectivity index (χ1n) is 6.60. The van der Waals surface area contributed by atoms with Crippen LogP contribution in [0, 0.1) is 11.3 Å². The first kappa shape index (κ1) is 12.8. The minimum Gasteiger partial charge on any atom is -0.396 e. The second-order valence-corrected chi connectivity index (χ2v) is 5.59. The van der Waals surface area contributed by atoms with Crippen LogP contribution in [0.3, 0.4) is 0 Å². The second-order valence-electron chi connectivity index (χ2n) is 5.59. The van der Waals surface area contributed by atoms with Crippen molar-refractivity contribution in [1.29, 1.82) is 0 Å². The summed E-state index contributed by atoms with van der Waals surface area (Å²) in [6.45, 7) is 2.22. The molecular weight excluding hydrogens is 218 g/mol. The summed E-state index contributed by atoms with van der Waals surface area (Å²) in [5, 5.41) is 9.59. The average Bonchev–Trinajstić information content (AvgIpc) is 2.28. The summed E-state index contributed by atoms with van der Waals surface area (Å²) in [6, 6.07) is 0. The minimum atomic E-state index is -0.133. The van der Waals surface area contributed by atoms with Gasteiger partial charge in [-0.3, -0.25) is 4.79 Å². The largest absolute Gasteiger partial charge is 0.396 e. The summed E-state index contributed by atoms with van der Waals surface area (Å²) in [5.41, 5.74) is -0.133. The normalized spacial score (nSPS) is 24.1. The maximum absolute atomic E-state index is 12.1. The lowest BCUT2D eigenvalue weighted by Crippen LogP contribution is -2.46. The van der Waals surface area contributed by atoms with E-state index in [9.17, 15) is 9.90 Å². The van der Waals surface area contributed by atoms with Gasteiger partial charge < -0.3 is 14.7 Å². The van der Waals surface area contributed by atoms with Gasteiger partial charge in [0, 0.05) is 38.1 Å². The number of carbonyl (C=O) groups excluding carboxylic acids is 1. The number of amides is 1. The van der Waals surface area contributed by atoms with Crippen LogP contribution in [0.2, 0.25) is 0 Å². The van der Waals surface area contributed by atoms with Crippen molar-refractivity contribution in [3.63, 3.8) is 0 Å². The van der Waals surface area contributed by atoms with Crippen LogP contribution >= 0.6 is 0 Å². The van der Waals surface area contributed by atoms with E-state index in [1.54, 1.807) is 0 Å². The van der Waals surface area contributed by atoms with Crippen molar-refractivity contribution in [3.05, 3.63) is 0 Å². The molecule has 4 heteroatoms. The number of ether oxygens (including phenoxy) is 1. The van der Waals surface area contributed by atoms with E-state index in [4.69, 9.17) is 4.74 Å². The van der Waals surface area contributed by atoms with Crippen molar-refractivity contribution < 1.29 is 14.6 Å². The fraction of sp³-hybridized carbons (Fsp3) is 0.923. The van der Waals surface area contributed by atoms with Gasteiger partial charge in [0.25, 0.3) is 0 Å². The Hall–Kier alpha value is -0.610. The van der Waals surface area contributed by atoms with Crippen molar-refractivity contribution >= 4 is 5.91 Å². The number of carbonyl (C=O) groups is 1. The molecule has 0 aromatic rings. The molecule has 0 atom stereocenters. The van der Waals surface area contributed by atoms with Crippen LogP contribution in [-0.2, 0) is 9.53 Å². The van der Waals surface area contributed by atoms with Crippen molar-refractivity contribution in [3.8, 4) is 0 Å². The van der Waals surface area contributed by atoms with Gasteiger partial charge in [-0.15, -0.1) is 0 Å². The zero-order valence-corrected chi connectivity index (χ0v) is 10.7. The Morgan fingerprint density at radius 3 is 2.53 bits per heavy atom. The molecule has 1 saturated carbocycles. The highest BCUT2D eigenvalue weighted by molar-refractivity contribution is 5.79. The van der Waals surface area contributed by atoms with Crippen molar-refractivity contribution in [2.75, 3.05) is 33.4 Å². The molecule has 0 unspecified atom stereocenters. The molecule has 0 aromatic heterocycles. The molecule has 1 amide bonds. The summed E-state index contributed by atoms with van der Waals surface area (Å²) in [6.07, 6.45) is 4.97. The number of aliphatic hydroxyl groups excluding tert-OH is 1. The summed E-state index contributed by atoms with van der Waals surface area (Å²) in [7, 11) is 1.87. The maximum atomic E-state index is 12.1. The zero-order valence-electron chi connectivity index (χ0n) is 10.7. The fourth-order valence-corrected chi connectivity index (χ4v) is 2.72. The molecule has 0 bridgehead atoms. The number of hydrogen-bond donors (Lipinski definition) is 1. The lowest BCUT2D eigenvalue weighted by molar-refractivity contribution is -0.140. The summed E-state index contributed by atoms with van der Waals surface area (Å²) < 4.78 is 5.33. The monoisotopic (exact) mass is 241 g/mol. The maximum Gasteiger partial charge on any atom is 0.225 e. The van der Waals surface area contributed by atoms with Crippen molar-refractivity contribution in [2.24, 2.45) is 11.3 Å². The number of hydrogen-bond acceptors (Lipinski definition) is 3. The van der Waals surface area contributed by atoms with Gasteiger partial charge in [-0.05, 0) is 25.7 Å². The van der Waals surface area contributed by atoms with Gasteiger partial charge in [-0.2, -0.15) is 0 Å². The van der Waals surface area contributed by atoms with E-state index in [1.165, 1.54) is 6.42 Å². The molecule has 0 spiro atoms.